The zero-order chi connectivity index (χ0) is 16.4. The minimum absolute atomic E-state index is 0.0691. The van der Waals surface area contributed by atoms with Crippen LogP contribution in [0.4, 0.5) is 5.82 Å². The van der Waals surface area contributed by atoms with Crippen molar-refractivity contribution in [2.45, 2.75) is 25.7 Å². The van der Waals surface area contributed by atoms with Gasteiger partial charge >= 0.3 is 5.97 Å². The van der Waals surface area contributed by atoms with Gasteiger partial charge in [-0.3, -0.25) is 9.59 Å². The van der Waals surface area contributed by atoms with Crippen LogP contribution in [0.1, 0.15) is 23.3 Å². The summed E-state index contributed by atoms with van der Waals surface area (Å²) in [6, 6.07) is 0. The predicted molar refractivity (Wildman–Crippen MR) is 88.2 cm³/mol. The molecule has 3 rings (SSSR count). The molecule has 0 aromatic carbocycles. The van der Waals surface area contributed by atoms with Crippen LogP contribution in [-0.4, -0.2) is 40.0 Å². The van der Waals surface area contributed by atoms with Crippen molar-refractivity contribution in [3.63, 3.8) is 0 Å². The number of carbonyl (C=O) groups is 2. The normalized spacial score (nSPS) is 13.6. The highest BCUT2D eigenvalue weighted by molar-refractivity contribution is 7.19. The van der Waals surface area contributed by atoms with E-state index in [2.05, 4.69) is 20.6 Å². The number of aliphatic carboxylic acids is 1. The van der Waals surface area contributed by atoms with Crippen LogP contribution in [0.15, 0.2) is 0 Å². The number of fused-ring (bicyclic) bond motifs is 3. The Hall–Kier alpha value is -1.93. The zero-order valence-corrected chi connectivity index (χ0v) is 13.8. The highest BCUT2D eigenvalue weighted by Crippen LogP contribution is 2.38. The summed E-state index contributed by atoms with van der Waals surface area (Å²) in [6.45, 7) is -0.478. The van der Waals surface area contributed by atoms with Crippen molar-refractivity contribution in [2.24, 2.45) is 0 Å². The number of aromatic nitrogens is 2. The number of rotatable bonds is 5. The van der Waals surface area contributed by atoms with Crippen molar-refractivity contribution in [1.82, 2.24) is 15.3 Å². The summed E-state index contributed by atoms with van der Waals surface area (Å²) in [5, 5.41) is 14.9. The number of carboxylic acids is 1. The number of nitrogens with zero attached hydrogens (tertiary/aromatic N) is 2. The molecule has 1 aliphatic carbocycles. The summed E-state index contributed by atoms with van der Waals surface area (Å²) in [4.78, 5) is 32.7. The van der Waals surface area contributed by atoms with Crippen LogP contribution in [0.5, 0.6) is 0 Å². The lowest BCUT2D eigenvalue weighted by molar-refractivity contribution is -0.137. The number of hydrogen-bond donors (Lipinski definition) is 3. The minimum Gasteiger partial charge on any atom is -0.480 e. The second-order valence-corrected chi connectivity index (χ2v) is 6.68. The number of thiophene rings is 1. The monoisotopic (exact) mass is 354 g/mol. The molecule has 0 radical (unpaired) electrons. The quantitative estimate of drug-likeness (QED) is 0.708. The average Bonchev–Trinajstić information content (AvgIpc) is 2.88. The molecule has 122 valence electrons. The van der Waals surface area contributed by atoms with Crippen LogP contribution in [0.25, 0.3) is 10.2 Å². The van der Waals surface area contributed by atoms with E-state index in [1.807, 2.05) is 0 Å². The number of halogens is 1. The molecule has 2 heterocycles. The van der Waals surface area contributed by atoms with Crippen LogP contribution in [0.2, 0.25) is 5.28 Å². The largest absolute Gasteiger partial charge is 0.480 e. The molecule has 0 aliphatic heterocycles. The number of anilines is 1. The van der Waals surface area contributed by atoms with Gasteiger partial charge in [0.2, 0.25) is 11.2 Å². The minimum atomic E-state index is -1.09. The fourth-order valence-corrected chi connectivity index (χ4v) is 4.14. The van der Waals surface area contributed by atoms with Crippen molar-refractivity contribution in [2.75, 3.05) is 18.4 Å². The van der Waals surface area contributed by atoms with Crippen molar-refractivity contribution < 1.29 is 14.7 Å². The van der Waals surface area contributed by atoms with Gasteiger partial charge in [-0.25, -0.2) is 9.97 Å². The van der Waals surface area contributed by atoms with Crippen LogP contribution >= 0.6 is 22.9 Å². The molecule has 1 aliphatic rings. The lowest BCUT2D eigenvalue weighted by atomic mass is 9.97. The Labute approximate surface area is 141 Å². The molecule has 7 nitrogen and oxygen atoms in total. The summed E-state index contributed by atoms with van der Waals surface area (Å²) in [6.07, 6.45) is 4.30. The standard InChI is InChI=1S/C14H15ClN4O3S/c15-14-18-12(17-5-9(20)16-6-10(21)22)11-7-3-1-2-4-8(7)23-13(11)19-14/h1-6H2,(H,16,20)(H,21,22)(H,17,18,19). The predicted octanol–water partition coefficient (Wildman–Crippen LogP) is 1.84. The SMILES string of the molecule is O=C(O)CNC(=O)CNc1nc(Cl)nc2sc3c(c12)CCCC3. The van der Waals surface area contributed by atoms with Crippen molar-refractivity contribution in [1.29, 1.82) is 0 Å². The van der Waals surface area contributed by atoms with Gasteiger partial charge in [0.05, 0.1) is 11.9 Å². The van der Waals surface area contributed by atoms with E-state index in [1.165, 1.54) is 16.9 Å². The van der Waals surface area contributed by atoms with Gasteiger partial charge in [0, 0.05) is 4.88 Å². The van der Waals surface area contributed by atoms with E-state index in [9.17, 15) is 9.59 Å². The second-order valence-electron chi connectivity index (χ2n) is 5.26. The number of nitrogens with one attached hydrogen (secondary N) is 2. The number of carbonyl (C=O) groups excluding carboxylic acids is 1. The third-order valence-electron chi connectivity index (χ3n) is 3.64. The van der Waals surface area contributed by atoms with E-state index in [1.54, 1.807) is 11.3 Å². The molecule has 0 atom stereocenters. The molecule has 2 aromatic heterocycles. The Kier molecular flexibility index (Phi) is 4.63. The van der Waals surface area contributed by atoms with Crippen LogP contribution in [-0.2, 0) is 22.4 Å². The summed E-state index contributed by atoms with van der Waals surface area (Å²) in [5.74, 6) is -0.970. The Bertz CT molecular complexity index is 777. The number of amides is 1. The first-order valence-electron chi connectivity index (χ1n) is 7.24. The Morgan fingerprint density at radius 3 is 2.78 bits per heavy atom. The Morgan fingerprint density at radius 1 is 1.22 bits per heavy atom. The molecule has 9 heteroatoms. The molecule has 3 N–H and O–H groups in total. The Morgan fingerprint density at radius 2 is 2.00 bits per heavy atom. The van der Waals surface area contributed by atoms with E-state index < -0.39 is 18.4 Å². The van der Waals surface area contributed by atoms with E-state index >= 15 is 0 Å². The van der Waals surface area contributed by atoms with Gasteiger partial charge in [0.15, 0.2) is 0 Å². The second kappa shape index (κ2) is 6.67. The number of aryl methyl sites for hydroxylation is 2. The molecular formula is C14H15ClN4O3S. The first-order valence-corrected chi connectivity index (χ1v) is 8.44. The maximum Gasteiger partial charge on any atom is 0.322 e. The van der Waals surface area contributed by atoms with Gasteiger partial charge in [0.1, 0.15) is 17.2 Å². The lowest BCUT2D eigenvalue weighted by Crippen LogP contribution is -2.34. The smallest absolute Gasteiger partial charge is 0.322 e. The van der Waals surface area contributed by atoms with Crippen molar-refractivity contribution in [3.05, 3.63) is 15.7 Å². The number of carboxylic acid groups (broad SMARTS) is 1. The van der Waals surface area contributed by atoms with Crippen LogP contribution in [0, 0.1) is 0 Å². The molecule has 0 fully saturated rings. The van der Waals surface area contributed by atoms with Gasteiger partial charge in [-0.2, -0.15) is 0 Å². The highest BCUT2D eigenvalue weighted by Gasteiger charge is 2.21. The third kappa shape index (κ3) is 3.53. The summed E-state index contributed by atoms with van der Waals surface area (Å²) in [5.41, 5.74) is 1.24. The van der Waals surface area contributed by atoms with Gasteiger partial charge in [-0.05, 0) is 42.8 Å². The van der Waals surface area contributed by atoms with Gasteiger partial charge < -0.3 is 15.7 Å². The fraction of sp³-hybridized carbons (Fsp3) is 0.429. The molecular weight excluding hydrogens is 340 g/mol. The molecule has 2 aromatic rings. The fourth-order valence-electron chi connectivity index (χ4n) is 2.66. The van der Waals surface area contributed by atoms with Crippen molar-refractivity contribution in [3.8, 4) is 0 Å². The molecule has 1 amide bonds. The van der Waals surface area contributed by atoms with Crippen LogP contribution in [0.3, 0.4) is 0 Å². The highest BCUT2D eigenvalue weighted by atomic mass is 35.5. The van der Waals surface area contributed by atoms with Gasteiger partial charge in [-0.1, -0.05) is 0 Å². The first kappa shape index (κ1) is 15.9. The summed E-state index contributed by atoms with van der Waals surface area (Å²) < 4.78 is 0. The third-order valence-corrected chi connectivity index (χ3v) is 5.00. The maximum atomic E-state index is 11.7. The summed E-state index contributed by atoms with van der Waals surface area (Å²) >= 11 is 7.59. The first-order chi connectivity index (χ1) is 11.0. The maximum absolute atomic E-state index is 11.7. The molecule has 0 bridgehead atoms. The topological polar surface area (TPSA) is 104 Å². The molecule has 0 saturated heterocycles. The van der Waals surface area contributed by atoms with E-state index in [-0.39, 0.29) is 11.8 Å². The van der Waals surface area contributed by atoms with E-state index in [0.29, 0.717) is 5.82 Å². The average molecular weight is 355 g/mol. The van der Waals surface area contributed by atoms with E-state index in [4.69, 9.17) is 16.7 Å². The zero-order valence-electron chi connectivity index (χ0n) is 12.2. The molecule has 0 saturated carbocycles. The Balaban J connectivity index is 1.83. The van der Waals surface area contributed by atoms with Crippen molar-refractivity contribution >= 4 is 50.8 Å². The van der Waals surface area contributed by atoms with E-state index in [0.717, 1.165) is 29.5 Å². The summed E-state index contributed by atoms with van der Waals surface area (Å²) in [7, 11) is 0. The molecule has 23 heavy (non-hydrogen) atoms. The number of hydrogen-bond acceptors (Lipinski definition) is 6. The molecule has 0 spiro atoms. The lowest BCUT2D eigenvalue weighted by Gasteiger charge is -2.12. The van der Waals surface area contributed by atoms with Crippen LogP contribution < -0.4 is 10.6 Å². The van der Waals surface area contributed by atoms with Gasteiger partial charge in [-0.15, -0.1) is 11.3 Å². The van der Waals surface area contributed by atoms with Gasteiger partial charge in [0.25, 0.3) is 0 Å². The molecule has 0 unspecified atom stereocenters.